The summed E-state index contributed by atoms with van der Waals surface area (Å²) < 4.78 is 0. The molecule has 0 aliphatic carbocycles. The molecule has 18 heavy (non-hydrogen) atoms. The van der Waals surface area contributed by atoms with Crippen LogP contribution in [-0.4, -0.2) is 17.3 Å². The average molecular weight is 260 g/mol. The minimum atomic E-state index is -0.0723. The predicted octanol–water partition coefficient (Wildman–Crippen LogP) is 4.57. The molecule has 0 spiro atoms. The summed E-state index contributed by atoms with van der Waals surface area (Å²) in [6.45, 7) is 8.14. The summed E-state index contributed by atoms with van der Waals surface area (Å²) in [6, 6.07) is 0. The number of hydrogen-bond donors (Lipinski definition) is 0. The molecule has 0 aromatic rings. The third-order valence-electron chi connectivity index (χ3n) is 2.96. The summed E-state index contributed by atoms with van der Waals surface area (Å²) >= 11 is 0. The molecule has 4 nitrogen and oxygen atoms in total. The van der Waals surface area contributed by atoms with Gasteiger partial charge in [0.05, 0.1) is 0 Å². The number of hydrogen-bond acceptors (Lipinski definition) is 3. The zero-order chi connectivity index (χ0) is 13.8. The van der Waals surface area contributed by atoms with Gasteiger partial charge in [-0.15, -0.1) is 0 Å². The molecule has 0 aromatic carbocycles. The zero-order valence-corrected chi connectivity index (χ0v) is 12.5. The molecule has 0 aliphatic heterocycles. The standard InChI is InChI=1S/C14H30NO3/c1-5-7-9-11-13(3)17-15(16)18-14(4)12-10-8-6-2/h13-14H,5-12H2,1-4H3/q+1. The van der Waals surface area contributed by atoms with Crippen molar-refractivity contribution in [3.05, 3.63) is 4.91 Å². The third kappa shape index (κ3) is 10.4. The second kappa shape index (κ2) is 11.3. The third-order valence-corrected chi connectivity index (χ3v) is 2.96. The molecule has 0 rings (SSSR count). The molecule has 0 fully saturated rings. The van der Waals surface area contributed by atoms with Crippen molar-refractivity contribution in [2.24, 2.45) is 0 Å². The van der Waals surface area contributed by atoms with Crippen LogP contribution >= 0.6 is 0 Å². The molecule has 4 heteroatoms. The normalized spacial score (nSPS) is 14.0. The van der Waals surface area contributed by atoms with Crippen molar-refractivity contribution in [2.75, 3.05) is 0 Å². The van der Waals surface area contributed by atoms with Gasteiger partial charge in [-0.25, -0.2) is 0 Å². The topological polar surface area (TPSA) is 38.5 Å². The second-order valence-corrected chi connectivity index (χ2v) is 5.05. The minimum Gasteiger partial charge on any atom is -0.184 e. The molecular weight excluding hydrogens is 230 g/mol. The fourth-order valence-corrected chi connectivity index (χ4v) is 1.79. The van der Waals surface area contributed by atoms with E-state index in [9.17, 15) is 4.91 Å². The molecule has 0 amide bonds. The van der Waals surface area contributed by atoms with E-state index >= 15 is 0 Å². The molecule has 0 aliphatic rings. The Morgan fingerprint density at radius 1 is 0.833 bits per heavy atom. The lowest BCUT2D eigenvalue weighted by Crippen LogP contribution is -2.22. The first-order valence-electron chi connectivity index (χ1n) is 7.40. The van der Waals surface area contributed by atoms with Gasteiger partial charge < -0.3 is 0 Å². The molecule has 2 unspecified atom stereocenters. The fourth-order valence-electron chi connectivity index (χ4n) is 1.79. The minimum absolute atomic E-state index is 0.0723. The van der Waals surface area contributed by atoms with Crippen LogP contribution < -0.4 is 0 Å². The highest BCUT2D eigenvalue weighted by atomic mass is 17.0. The first kappa shape index (κ1) is 17.2. The first-order chi connectivity index (χ1) is 8.60. The van der Waals surface area contributed by atoms with Crippen molar-refractivity contribution in [1.82, 2.24) is 0 Å². The van der Waals surface area contributed by atoms with Gasteiger partial charge in [0, 0.05) is 0 Å². The molecular formula is C14H30NO3+. The summed E-state index contributed by atoms with van der Waals surface area (Å²) in [5.41, 5.74) is 0. The van der Waals surface area contributed by atoms with E-state index in [-0.39, 0.29) is 12.2 Å². The summed E-state index contributed by atoms with van der Waals surface area (Å²) in [7, 11) is 0. The molecule has 0 saturated heterocycles. The quantitative estimate of drug-likeness (QED) is 0.381. The number of unbranched alkanes of at least 4 members (excludes halogenated alkanes) is 4. The van der Waals surface area contributed by atoms with Crippen LogP contribution in [0, 0.1) is 4.91 Å². The Hall–Kier alpha value is -0.800. The molecule has 0 bridgehead atoms. The monoisotopic (exact) mass is 260 g/mol. The van der Waals surface area contributed by atoms with Crippen molar-refractivity contribution >= 4 is 0 Å². The lowest BCUT2D eigenvalue weighted by Gasteiger charge is -2.07. The van der Waals surface area contributed by atoms with Gasteiger partial charge in [0.2, 0.25) is 0 Å². The van der Waals surface area contributed by atoms with Gasteiger partial charge in [0.15, 0.2) is 12.2 Å². The lowest BCUT2D eigenvalue weighted by molar-refractivity contribution is -0.992. The van der Waals surface area contributed by atoms with Crippen LogP contribution in [0.5, 0.6) is 0 Å². The molecule has 0 N–H and O–H groups in total. The van der Waals surface area contributed by atoms with Gasteiger partial charge in [0.1, 0.15) is 4.91 Å². The van der Waals surface area contributed by atoms with Crippen LogP contribution in [0.3, 0.4) is 0 Å². The zero-order valence-electron chi connectivity index (χ0n) is 12.5. The van der Waals surface area contributed by atoms with E-state index in [1.807, 2.05) is 13.8 Å². The Morgan fingerprint density at radius 2 is 1.22 bits per heavy atom. The molecule has 0 saturated carbocycles. The highest BCUT2D eigenvalue weighted by Crippen LogP contribution is 2.09. The van der Waals surface area contributed by atoms with Crippen molar-refractivity contribution < 1.29 is 14.8 Å². The highest BCUT2D eigenvalue weighted by Gasteiger charge is 2.21. The Labute approximate surface area is 112 Å². The summed E-state index contributed by atoms with van der Waals surface area (Å²) in [5.74, 6) is 0. The maximum absolute atomic E-state index is 11.4. The molecule has 108 valence electrons. The van der Waals surface area contributed by atoms with Crippen LogP contribution in [0.4, 0.5) is 0 Å². The van der Waals surface area contributed by atoms with Crippen LogP contribution in [0.2, 0.25) is 0 Å². The van der Waals surface area contributed by atoms with Crippen LogP contribution in [0.1, 0.15) is 79.1 Å². The lowest BCUT2D eigenvalue weighted by atomic mass is 10.1. The Bertz CT molecular complexity index is 189. The highest BCUT2D eigenvalue weighted by molar-refractivity contribution is 4.48. The Kier molecular flexibility index (Phi) is 10.8. The summed E-state index contributed by atoms with van der Waals surface area (Å²) in [6.07, 6.45) is 8.57. The predicted molar refractivity (Wildman–Crippen MR) is 73.0 cm³/mol. The molecule has 0 aromatic heterocycles. The van der Waals surface area contributed by atoms with Gasteiger partial charge in [-0.2, -0.15) is 9.68 Å². The molecule has 0 radical (unpaired) electrons. The van der Waals surface area contributed by atoms with Gasteiger partial charge in [-0.1, -0.05) is 39.5 Å². The number of rotatable bonds is 12. The van der Waals surface area contributed by atoms with Gasteiger partial charge >= 0.3 is 5.09 Å². The van der Waals surface area contributed by atoms with E-state index in [2.05, 4.69) is 13.8 Å². The van der Waals surface area contributed by atoms with Crippen LogP contribution in [0.15, 0.2) is 0 Å². The van der Waals surface area contributed by atoms with Crippen LogP contribution in [0.25, 0.3) is 0 Å². The Balaban J connectivity index is 3.61. The smallest absolute Gasteiger partial charge is 0.184 e. The summed E-state index contributed by atoms with van der Waals surface area (Å²) in [4.78, 5) is 21.7. The van der Waals surface area contributed by atoms with Crippen molar-refractivity contribution in [2.45, 2.75) is 91.3 Å². The summed E-state index contributed by atoms with van der Waals surface area (Å²) in [5, 5.41) is 0.299. The average Bonchev–Trinajstić information content (AvgIpc) is 2.29. The van der Waals surface area contributed by atoms with Crippen molar-refractivity contribution in [3.63, 3.8) is 0 Å². The maximum atomic E-state index is 11.4. The maximum Gasteiger partial charge on any atom is 0.478 e. The van der Waals surface area contributed by atoms with E-state index in [0.717, 1.165) is 25.7 Å². The second-order valence-electron chi connectivity index (χ2n) is 5.05. The SMILES string of the molecule is CCCCCC(C)O[N+](=O)OC(C)CCCCC. The van der Waals surface area contributed by atoms with E-state index < -0.39 is 0 Å². The van der Waals surface area contributed by atoms with Gasteiger partial charge in [-0.05, 0) is 39.5 Å². The number of nitrogens with zero attached hydrogens (tertiary/aromatic N) is 1. The molecule has 0 heterocycles. The van der Waals surface area contributed by atoms with Crippen molar-refractivity contribution in [3.8, 4) is 0 Å². The molecule has 2 atom stereocenters. The van der Waals surface area contributed by atoms with Crippen LogP contribution in [-0.2, 0) is 9.68 Å². The van der Waals surface area contributed by atoms with Crippen molar-refractivity contribution in [1.29, 1.82) is 0 Å². The largest absolute Gasteiger partial charge is 0.478 e. The fraction of sp³-hybridized carbons (Fsp3) is 1.00. The van der Waals surface area contributed by atoms with E-state index in [4.69, 9.17) is 9.68 Å². The van der Waals surface area contributed by atoms with E-state index in [1.54, 1.807) is 0 Å². The van der Waals surface area contributed by atoms with E-state index in [1.165, 1.54) is 25.7 Å². The Morgan fingerprint density at radius 3 is 1.56 bits per heavy atom. The van der Waals surface area contributed by atoms with Gasteiger partial charge in [-0.3, -0.25) is 0 Å². The van der Waals surface area contributed by atoms with E-state index in [0.29, 0.717) is 5.09 Å². The van der Waals surface area contributed by atoms with Gasteiger partial charge in [0.25, 0.3) is 0 Å². The first-order valence-corrected chi connectivity index (χ1v) is 7.40.